The van der Waals surface area contributed by atoms with Crippen LogP contribution in [0.15, 0.2) is 30.9 Å². The summed E-state index contributed by atoms with van der Waals surface area (Å²) in [5.74, 6) is 5.38. The molecule has 1 atom stereocenters. The zero-order valence-electron chi connectivity index (χ0n) is 11.4. The van der Waals surface area contributed by atoms with Gasteiger partial charge < -0.3 is 11.1 Å². The number of aromatic nitrogens is 3. The fourth-order valence-electron chi connectivity index (χ4n) is 1.63. The summed E-state index contributed by atoms with van der Waals surface area (Å²) in [6.45, 7) is 1.98. The molecule has 7 heteroatoms. The number of nitrogens with one attached hydrogen (secondary N) is 1. The quantitative estimate of drug-likeness (QED) is 0.840. The van der Waals surface area contributed by atoms with Crippen molar-refractivity contribution in [2.24, 2.45) is 5.73 Å². The Morgan fingerprint density at radius 1 is 1.57 bits per heavy atom. The molecule has 0 bridgehead atoms. The van der Waals surface area contributed by atoms with Gasteiger partial charge in [0.15, 0.2) is 0 Å². The number of nitrogens with two attached hydrogens (primary N) is 1. The Bertz CT molecular complexity index is 687. The smallest absolute Gasteiger partial charge is 0.249 e. The third kappa shape index (κ3) is 3.81. The van der Waals surface area contributed by atoms with Crippen molar-refractivity contribution < 1.29 is 4.79 Å². The third-order valence-corrected chi connectivity index (χ3v) is 3.10. The van der Waals surface area contributed by atoms with E-state index in [0.717, 1.165) is 0 Å². The number of nitrogens with zero attached hydrogens (tertiary/aromatic N) is 3. The van der Waals surface area contributed by atoms with Gasteiger partial charge in [-0.15, -0.1) is 0 Å². The molecule has 0 saturated carbocycles. The summed E-state index contributed by atoms with van der Waals surface area (Å²) in [5.41, 5.74) is 6.56. The highest BCUT2D eigenvalue weighted by Gasteiger charge is 2.15. The first kappa shape index (κ1) is 15.0. The number of amides is 1. The Morgan fingerprint density at radius 2 is 2.38 bits per heavy atom. The van der Waals surface area contributed by atoms with Gasteiger partial charge in [-0.3, -0.25) is 4.79 Å². The van der Waals surface area contributed by atoms with Gasteiger partial charge in [0.2, 0.25) is 5.91 Å². The van der Waals surface area contributed by atoms with Crippen molar-refractivity contribution in [1.82, 2.24) is 14.8 Å². The lowest BCUT2D eigenvalue weighted by Gasteiger charge is -2.12. The van der Waals surface area contributed by atoms with Crippen LogP contribution in [0.4, 0.5) is 5.69 Å². The van der Waals surface area contributed by atoms with Crippen LogP contribution in [0.25, 0.3) is 0 Å². The Labute approximate surface area is 127 Å². The number of hydrogen-bond acceptors (Lipinski definition) is 4. The van der Waals surface area contributed by atoms with Crippen LogP contribution < -0.4 is 11.1 Å². The van der Waals surface area contributed by atoms with Gasteiger partial charge in [-0.1, -0.05) is 23.4 Å². The predicted molar refractivity (Wildman–Crippen MR) is 80.7 cm³/mol. The fraction of sp³-hybridized carbons (Fsp3) is 0.214. The van der Waals surface area contributed by atoms with E-state index in [0.29, 0.717) is 16.3 Å². The molecular formula is C14H14ClN5O. The monoisotopic (exact) mass is 303 g/mol. The van der Waals surface area contributed by atoms with Crippen LogP contribution >= 0.6 is 11.6 Å². The molecule has 2 aromatic rings. The molecule has 0 radical (unpaired) electrons. The van der Waals surface area contributed by atoms with E-state index in [4.69, 9.17) is 17.3 Å². The van der Waals surface area contributed by atoms with Crippen LogP contribution in [0.3, 0.4) is 0 Å². The summed E-state index contributed by atoms with van der Waals surface area (Å²) in [6.07, 6.45) is 2.87. The van der Waals surface area contributed by atoms with Crippen molar-refractivity contribution >= 4 is 23.2 Å². The predicted octanol–water partition coefficient (Wildman–Crippen LogP) is 1.44. The van der Waals surface area contributed by atoms with Crippen molar-refractivity contribution in [2.45, 2.75) is 13.0 Å². The standard InChI is InChI=1S/C14H14ClN5O/c1-10(20-9-17-8-18-20)14(21)19-12-4-5-13(15)11(7-12)3-2-6-16/h4-5,7-10H,6,16H2,1H3,(H,19,21). The maximum Gasteiger partial charge on any atom is 0.249 e. The molecule has 1 unspecified atom stereocenters. The molecule has 0 aliphatic heterocycles. The minimum atomic E-state index is -0.471. The molecule has 0 aliphatic carbocycles. The minimum absolute atomic E-state index is 0.208. The maximum atomic E-state index is 12.1. The first-order chi connectivity index (χ1) is 10.1. The van der Waals surface area contributed by atoms with E-state index in [2.05, 4.69) is 27.2 Å². The molecule has 0 spiro atoms. The van der Waals surface area contributed by atoms with E-state index in [9.17, 15) is 4.79 Å². The molecule has 1 heterocycles. The van der Waals surface area contributed by atoms with Gasteiger partial charge in [-0.05, 0) is 25.1 Å². The van der Waals surface area contributed by atoms with E-state index >= 15 is 0 Å². The average molecular weight is 304 g/mol. The van der Waals surface area contributed by atoms with Gasteiger partial charge in [-0.25, -0.2) is 9.67 Å². The van der Waals surface area contributed by atoms with Crippen molar-refractivity contribution in [3.8, 4) is 11.8 Å². The first-order valence-electron chi connectivity index (χ1n) is 6.25. The zero-order valence-corrected chi connectivity index (χ0v) is 12.1. The molecule has 6 nitrogen and oxygen atoms in total. The number of carbonyl (C=O) groups excluding carboxylic acids is 1. The van der Waals surface area contributed by atoms with Crippen LogP contribution in [0, 0.1) is 11.8 Å². The molecule has 0 aliphatic rings. The second-order valence-corrected chi connectivity index (χ2v) is 4.65. The largest absolute Gasteiger partial charge is 0.324 e. The second-order valence-electron chi connectivity index (χ2n) is 4.24. The Kier molecular flexibility index (Phi) is 4.93. The van der Waals surface area contributed by atoms with E-state index in [1.807, 2.05) is 0 Å². The molecular weight excluding hydrogens is 290 g/mol. The van der Waals surface area contributed by atoms with Gasteiger partial charge >= 0.3 is 0 Å². The highest BCUT2D eigenvalue weighted by molar-refractivity contribution is 6.31. The molecule has 1 aromatic carbocycles. The van der Waals surface area contributed by atoms with Gasteiger partial charge in [0.25, 0.3) is 0 Å². The molecule has 3 N–H and O–H groups in total. The van der Waals surface area contributed by atoms with Crippen molar-refractivity contribution in [3.05, 3.63) is 41.4 Å². The topological polar surface area (TPSA) is 85.8 Å². The van der Waals surface area contributed by atoms with Crippen LogP contribution in [0.2, 0.25) is 5.02 Å². The number of halogens is 1. The number of benzene rings is 1. The molecule has 1 aromatic heterocycles. The Morgan fingerprint density at radius 3 is 3.05 bits per heavy atom. The summed E-state index contributed by atoms with van der Waals surface area (Å²) in [6, 6.07) is 4.62. The highest BCUT2D eigenvalue weighted by atomic mass is 35.5. The fourth-order valence-corrected chi connectivity index (χ4v) is 1.79. The Hall–Kier alpha value is -2.36. The number of anilines is 1. The third-order valence-electron chi connectivity index (χ3n) is 2.77. The van der Waals surface area contributed by atoms with Gasteiger partial charge in [0, 0.05) is 11.3 Å². The summed E-state index contributed by atoms with van der Waals surface area (Å²) < 4.78 is 1.47. The minimum Gasteiger partial charge on any atom is -0.324 e. The van der Waals surface area contributed by atoms with Gasteiger partial charge in [0.1, 0.15) is 18.7 Å². The van der Waals surface area contributed by atoms with Crippen LogP contribution in [0.5, 0.6) is 0 Å². The summed E-state index contributed by atoms with van der Waals surface area (Å²) in [5, 5.41) is 7.24. The van der Waals surface area contributed by atoms with Gasteiger partial charge in [-0.2, -0.15) is 5.10 Å². The van der Waals surface area contributed by atoms with Crippen LogP contribution in [-0.4, -0.2) is 27.2 Å². The van der Waals surface area contributed by atoms with Gasteiger partial charge in [0.05, 0.1) is 11.6 Å². The van der Waals surface area contributed by atoms with Crippen LogP contribution in [0.1, 0.15) is 18.5 Å². The highest BCUT2D eigenvalue weighted by Crippen LogP contribution is 2.20. The zero-order chi connectivity index (χ0) is 15.2. The lowest BCUT2D eigenvalue weighted by Crippen LogP contribution is -2.24. The first-order valence-corrected chi connectivity index (χ1v) is 6.63. The van der Waals surface area contributed by atoms with E-state index in [1.54, 1.807) is 25.1 Å². The number of rotatable bonds is 3. The summed E-state index contributed by atoms with van der Waals surface area (Å²) in [4.78, 5) is 15.9. The number of carbonyl (C=O) groups is 1. The molecule has 2 rings (SSSR count). The van der Waals surface area contributed by atoms with Crippen LogP contribution in [-0.2, 0) is 4.79 Å². The summed E-state index contributed by atoms with van der Waals surface area (Å²) >= 11 is 6.03. The molecule has 21 heavy (non-hydrogen) atoms. The second kappa shape index (κ2) is 6.88. The van der Waals surface area contributed by atoms with Crippen molar-refractivity contribution in [1.29, 1.82) is 0 Å². The number of hydrogen-bond donors (Lipinski definition) is 2. The SMILES string of the molecule is CC(C(=O)Nc1ccc(Cl)c(C#CCN)c1)n1cncn1. The lowest BCUT2D eigenvalue weighted by molar-refractivity contribution is -0.119. The molecule has 0 saturated heterocycles. The Balaban J connectivity index is 2.14. The van der Waals surface area contributed by atoms with Crippen molar-refractivity contribution in [3.63, 3.8) is 0 Å². The molecule has 1 amide bonds. The van der Waals surface area contributed by atoms with E-state index in [-0.39, 0.29) is 12.5 Å². The van der Waals surface area contributed by atoms with E-state index < -0.39 is 6.04 Å². The lowest BCUT2D eigenvalue weighted by atomic mass is 10.2. The van der Waals surface area contributed by atoms with Crippen molar-refractivity contribution in [2.75, 3.05) is 11.9 Å². The molecule has 0 fully saturated rings. The molecule has 108 valence electrons. The average Bonchev–Trinajstić information content (AvgIpc) is 3.01. The van der Waals surface area contributed by atoms with E-state index in [1.165, 1.54) is 17.3 Å². The summed E-state index contributed by atoms with van der Waals surface area (Å²) in [7, 11) is 0. The maximum absolute atomic E-state index is 12.1. The normalized spacial score (nSPS) is 11.4.